The van der Waals surface area contributed by atoms with E-state index in [1.807, 2.05) is 0 Å². The minimum absolute atomic E-state index is 0.229. The average molecular weight is 298 g/mol. The van der Waals surface area contributed by atoms with E-state index in [9.17, 15) is 4.79 Å². The average Bonchev–Trinajstić information content (AvgIpc) is 2.50. The van der Waals surface area contributed by atoms with Gasteiger partial charge in [-0.25, -0.2) is 4.79 Å². The fourth-order valence-electron chi connectivity index (χ4n) is 2.82. The van der Waals surface area contributed by atoms with Gasteiger partial charge in [0.05, 0.1) is 0 Å². The van der Waals surface area contributed by atoms with Gasteiger partial charge in [0.2, 0.25) is 0 Å². The monoisotopic (exact) mass is 298 g/mol. The van der Waals surface area contributed by atoms with Crippen molar-refractivity contribution in [2.45, 2.75) is 77.7 Å². The summed E-state index contributed by atoms with van der Waals surface area (Å²) in [6, 6.07) is 0.336. The van der Waals surface area contributed by atoms with Crippen LogP contribution in [-0.2, 0) is 4.74 Å². The minimum Gasteiger partial charge on any atom is -0.448 e. The third-order valence-corrected chi connectivity index (χ3v) is 4.22. The Morgan fingerprint density at radius 2 is 1.67 bits per heavy atom. The Labute approximate surface area is 130 Å². The third kappa shape index (κ3) is 8.97. The molecule has 0 heterocycles. The smallest absolute Gasteiger partial charge is 0.407 e. The summed E-state index contributed by atoms with van der Waals surface area (Å²) in [6.07, 6.45) is 10.6. The standard InChI is InChI=1S/C17H34N2O2/c1-3-5-12-19(13-6-4-2)14-15-21-17(20)18-16-10-8-7-9-11-16/h16H,3-15H2,1-2H3,(H,18,20). The molecule has 1 aliphatic carbocycles. The third-order valence-electron chi connectivity index (χ3n) is 4.22. The number of nitrogens with zero attached hydrogens (tertiary/aromatic N) is 1. The summed E-state index contributed by atoms with van der Waals surface area (Å²) in [4.78, 5) is 14.2. The summed E-state index contributed by atoms with van der Waals surface area (Å²) in [5, 5.41) is 3.00. The Kier molecular flexibility index (Phi) is 10.3. The van der Waals surface area contributed by atoms with Gasteiger partial charge in [0.25, 0.3) is 0 Å². The van der Waals surface area contributed by atoms with E-state index in [1.54, 1.807) is 0 Å². The van der Waals surface area contributed by atoms with Crippen molar-refractivity contribution in [3.8, 4) is 0 Å². The summed E-state index contributed by atoms with van der Waals surface area (Å²) in [5.41, 5.74) is 0. The summed E-state index contributed by atoms with van der Waals surface area (Å²) in [5.74, 6) is 0. The topological polar surface area (TPSA) is 41.6 Å². The molecule has 0 aromatic heterocycles. The van der Waals surface area contributed by atoms with E-state index in [2.05, 4.69) is 24.1 Å². The molecule has 1 saturated carbocycles. The highest BCUT2D eigenvalue weighted by atomic mass is 16.5. The molecule has 0 bridgehead atoms. The lowest BCUT2D eigenvalue weighted by Crippen LogP contribution is -2.38. The van der Waals surface area contributed by atoms with Crippen LogP contribution in [0.2, 0.25) is 0 Å². The second kappa shape index (κ2) is 11.8. The highest BCUT2D eigenvalue weighted by Gasteiger charge is 2.16. The van der Waals surface area contributed by atoms with Gasteiger partial charge < -0.3 is 10.1 Å². The number of ether oxygens (including phenoxy) is 1. The molecule has 0 radical (unpaired) electrons. The van der Waals surface area contributed by atoms with Crippen molar-refractivity contribution < 1.29 is 9.53 Å². The van der Waals surface area contributed by atoms with Gasteiger partial charge in [-0.3, -0.25) is 4.90 Å². The van der Waals surface area contributed by atoms with E-state index >= 15 is 0 Å². The first-order valence-corrected chi connectivity index (χ1v) is 8.91. The van der Waals surface area contributed by atoms with Crippen LogP contribution >= 0.6 is 0 Å². The van der Waals surface area contributed by atoms with Crippen molar-refractivity contribution in [2.24, 2.45) is 0 Å². The van der Waals surface area contributed by atoms with Crippen LogP contribution in [-0.4, -0.2) is 43.3 Å². The molecule has 1 rings (SSSR count). The zero-order valence-corrected chi connectivity index (χ0v) is 14.0. The lowest BCUT2D eigenvalue weighted by atomic mass is 9.96. The number of carbonyl (C=O) groups excluding carboxylic acids is 1. The molecule has 21 heavy (non-hydrogen) atoms. The summed E-state index contributed by atoms with van der Waals surface area (Å²) < 4.78 is 5.34. The maximum atomic E-state index is 11.8. The Morgan fingerprint density at radius 1 is 1.05 bits per heavy atom. The molecular formula is C17H34N2O2. The number of rotatable bonds is 10. The molecule has 1 amide bonds. The summed E-state index contributed by atoms with van der Waals surface area (Å²) in [7, 11) is 0. The summed E-state index contributed by atoms with van der Waals surface area (Å²) >= 11 is 0. The zero-order chi connectivity index (χ0) is 15.3. The van der Waals surface area contributed by atoms with Crippen LogP contribution in [0.4, 0.5) is 4.79 Å². The van der Waals surface area contributed by atoms with E-state index < -0.39 is 0 Å². The van der Waals surface area contributed by atoms with Gasteiger partial charge in [0, 0.05) is 12.6 Å². The lowest BCUT2D eigenvalue weighted by Gasteiger charge is -2.24. The maximum absolute atomic E-state index is 11.8. The first-order chi connectivity index (χ1) is 10.3. The molecule has 4 heteroatoms. The highest BCUT2D eigenvalue weighted by Crippen LogP contribution is 2.17. The Hall–Kier alpha value is -0.770. The van der Waals surface area contributed by atoms with E-state index in [4.69, 9.17) is 4.74 Å². The molecule has 0 aromatic carbocycles. The molecule has 0 aliphatic heterocycles. The number of carbonyl (C=O) groups is 1. The number of hydrogen-bond donors (Lipinski definition) is 1. The Bertz CT molecular complexity index is 258. The van der Waals surface area contributed by atoms with Gasteiger partial charge in [-0.2, -0.15) is 0 Å². The second-order valence-electron chi connectivity index (χ2n) is 6.16. The van der Waals surface area contributed by atoms with E-state index in [0.717, 1.165) is 32.5 Å². The van der Waals surface area contributed by atoms with E-state index in [1.165, 1.54) is 44.9 Å². The van der Waals surface area contributed by atoms with Gasteiger partial charge in [0.1, 0.15) is 6.61 Å². The number of amides is 1. The van der Waals surface area contributed by atoms with Gasteiger partial charge in [-0.15, -0.1) is 0 Å². The van der Waals surface area contributed by atoms with Gasteiger partial charge >= 0.3 is 6.09 Å². The number of hydrogen-bond acceptors (Lipinski definition) is 3. The van der Waals surface area contributed by atoms with Crippen molar-refractivity contribution in [1.82, 2.24) is 10.2 Å². The number of unbranched alkanes of at least 4 members (excludes halogenated alkanes) is 2. The Balaban J connectivity index is 2.13. The normalized spacial score (nSPS) is 16.1. The number of nitrogens with one attached hydrogen (secondary N) is 1. The van der Waals surface area contributed by atoms with Crippen molar-refractivity contribution in [2.75, 3.05) is 26.2 Å². The lowest BCUT2D eigenvalue weighted by molar-refractivity contribution is 0.121. The van der Waals surface area contributed by atoms with E-state index in [0.29, 0.717) is 12.6 Å². The molecule has 0 spiro atoms. The molecule has 1 aliphatic rings. The first-order valence-electron chi connectivity index (χ1n) is 8.91. The molecule has 1 fully saturated rings. The molecular weight excluding hydrogens is 264 g/mol. The van der Waals surface area contributed by atoms with Crippen LogP contribution in [0.5, 0.6) is 0 Å². The molecule has 0 unspecified atom stereocenters. The minimum atomic E-state index is -0.229. The maximum Gasteiger partial charge on any atom is 0.407 e. The van der Waals surface area contributed by atoms with Crippen molar-refractivity contribution in [3.63, 3.8) is 0 Å². The quantitative estimate of drug-likeness (QED) is 0.664. The van der Waals surface area contributed by atoms with Crippen LogP contribution in [0.15, 0.2) is 0 Å². The molecule has 124 valence electrons. The molecule has 0 atom stereocenters. The molecule has 4 nitrogen and oxygen atoms in total. The van der Waals surface area contributed by atoms with Crippen LogP contribution in [0.25, 0.3) is 0 Å². The fraction of sp³-hybridized carbons (Fsp3) is 0.941. The van der Waals surface area contributed by atoms with Crippen LogP contribution < -0.4 is 5.32 Å². The van der Waals surface area contributed by atoms with E-state index in [-0.39, 0.29) is 6.09 Å². The largest absolute Gasteiger partial charge is 0.448 e. The molecule has 0 aromatic rings. The van der Waals surface area contributed by atoms with Gasteiger partial charge in [-0.1, -0.05) is 46.0 Å². The fourth-order valence-corrected chi connectivity index (χ4v) is 2.82. The van der Waals surface area contributed by atoms with Crippen LogP contribution in [0.3, 0.4) is 0 Å². The van der Waals surface area contributed by atoms with Crippen LogP contribution in [0.1, 0.15) is 71.6 Å². The highest BCUT2D eigenvalue weighted by molar-refractivity contribution is 5.67. The Morgan fingerprint density at radius 3 is 2.24 bits per heavy atom. The summed E-state index contributed by atoms with van der Waals surface area (Å²) in [6.45, 7) is 8.02. The first kappa shape index (κ1) is 18.3. The van der Waals surface area contributed by atoms with Gasteiger partial charge in [0.15, 0.2) is 0 Å². The van der Waals surface area contributed by atoms with Crippen LogP contribution in [0, 0.1) is 0 Å². The predicted molar refractivity (Wildman–Crippen MR) is 87.6 cm³/mol. The molecule has 0 saturated heterocycles. The van der Waals surface area contributed by atoms with Gasteiger partial charge in [-0.05, 0) is 38.8 Å². The second-order valence-corrected chi connectivity index (χ2v) is 6.16. The zero-order valence-electron chi connectivity index (χ0n) is 14.0. The molecule has 1 N–H and O–H groups in total. The van der Waals surface area contributed by atoms with Crippen molar-refractivity contribution >= 4 is 6.09 Å². The predicted octanol–water partition coefficient (Wildman–Crippen LogP) is 3.95. The van der Waals surface area contributed by atoms with Crippen molar-refractivity contribution in [3.05, 3.63) is 0 Å². The van der Waals surface area contributed by atoms with Crippen molar-refractivity contribution in [1.29, 1.82) is 0 Å². The SMILES string of the molecule is CCCCN(CCCC)CCOC(=O)NC1CCCCC1. The number of alkyl carbamates (subject to hydrolysis) is 1.